The molecule has 2 N–H and O–H groups in total. The van der Waals surface area contributed by atoms with E-state index in [1.54, 1.807) is 0 Å². The van der Waals surface area contributed by atoms with Crippen molar-refractivity contribution in [3.8, 4) is 0 Å². The van der Waals surface area contributed by atoms with E-state index in [2.05, 4.69) is 0 Å². The molecule has 2 aliphatic rings. The van der Waals surface area contributed by atoms with Crippen LogP contribution in [0.4, 0.5) is 0 Å². The first kappa shape index (κ1) is 9.47. The summed E-state index contributed by atoms with van der Waals surface area (Å²) in [7, 11) is 0. The van der Waals surface area contributed by atoms with Crippen LogP contribution < -0.4 is 0 Å². The molecule has 2 heteroatoms. The van der Waals surface area contributed by atoms with Gasteiger partial charge in [0.25, 0.3) is 0 Å². The lowest BCUT2D eigenvalue weighted by atomic mass is 9.62. The van der Waals surface area contributed by atoms with Crippen molar-refractivity contribution in [2.75, 3.05) is 0 Å². The highest BCUT2D eigenvalue weighted by atomic mass is 16.3. The third-order valence-electron chi connectivity index (χ3n) is 4.07. The molecule has 2 rings (SSSR count). The summed E-state index contributed by atoms with van der Waals surface area (Å²) in [6.45, 7) is 0. The zero-order chi connectivity index (χ0) is 9.31. The summed E-state index contributed by atoms with van der Waals surface area (Å²) in [5.74, 6) is 0. The second kappa shape index (κ2) is 3.58. The maximum Gasteiger partial charge on any atom is 0.0621 e. The molecule has 2 atom stereocenters. The molecule has 76 valence electrons. The number of hydrogen-bond acceptors (Lipinski definition) is 2. The average molecular weight is 184 g/mol. The molecule has 0 aromatic heterocycles. The van der Waals surface area contributed by atoms with Crippen molar-refractivity contribution < 1.29 is 10.2 Å². The lowest BCUT2D eigenvalue weighted by Gasteiger charge is -2.47. The summed E-state index contributed by atoms with van der Waals surface area (Å²) in [5.41, 5.74) is -0.115. The number of hydrogen-bond donors (Lipinski definition) is 2. The molecule has 0 amide bonds. The van der Waals surface area contributed by atoms with Crippen molar-refractivity contribution in [1.82, 2.24) is 0 Å². The highest BCUT2D eigenvalue weighted by Gasteiger charge is 2.46. The second-order valence-electron chi connectivity index (χ2n) is 4.76. The van der Waals surface area contributed by atoms with Gasteiger partial charge < -0.3 is 10.2 Å². The number of aliphatic hydroxyl groups excluding tert-OH is 2. The lowest BCUT2D eigenvalue weighted by Crippen LogP contribution is -2.49. The van der Waals surface area contributed by atoms with Crippen molar-refractivity contribution >= 4 is 0 Å². The monoisotopic (exact) mass is 184 g/mol. The fourth-order valence-electron chi connectivity index (χ4n) is 3.17. The van der Waals surface area contributed by atoms with Crippen molar-refractivity contribution in [3.63, 3.8) is 0 Å². The van der Waals surface area contributed by atoms with Crippen LogP contribution in [-0.2, 0) is 0 Å². The van der Waals surface area contributed by atoms with Crippen LogP contribution in [0.1, 0.15) is 51.4 Å². The molecule has 2 saturated carbocycles. The van der Waals surface area contributed by atoms with Gasteiger partial charge in [-0.15, -0.1) is 0 Å². The predicted octanol–water partition coefficient (Wildman–Crippen LogP) is 1.84. The largest absolute Gasteiger partial charge is 0.392 e. The van der Waals surface area contributed by atoms with Gasteiger partial charge >= 0.3 is 0 Å². The molecule has 2 fully saturated rings. The van der Waals surface area contributed by atoms with Crippen LogP contribution in [0.3, 0.4) is 0 Å². The standard InChI is InChI=1S/C11H20O2/c12-9-5-1-3-7-11(9)8-4-2-6-10(11)13/h9-10,12-13H,1-8H2. The van der Waals surface area contributed by atoms with Crippen LogP contribution in [0, 0.1) is 5.41 Å². The van der Waals surface area contributed by atoms with Crippen LogP contribution >= 0.6 is 0 Å². The van der Waals surface area contributed by atoms with Crippen molar-refractivity contribution in [1.29, 1.82) is 0 Å². The quantitative estimate of drug-likeness (QED) is 0.603. The van der Waals surface area contributed by atoms with Gasteiger partial charge in [0.2, 0.25) is 0 Å². The molecule has 1 spiro atoms. The van der Waals surface area contributed by atoms with Gasteiger partial charge in [-0.1, -0.05) is 25.7 Å². The summed E-state index contributed by atoms with van der Waals surface area (Å²) in [6.07, 6.45) is 8.04. The van der Waals surface area contributed by atoms with Gasteiger partial charge in [-0.3, -0.25) is 0 Å². The molecular weight excluding hydrogens is 164 g/mol. The zero-order valence-corrected chi connectivity index (χ0v) is 8.21. The van der Waals surface area contributed by atoms with Gasteiger partial charge in [-0.25, -0.2) is 0 Å². The Balaban J connectivity index is 2.13. The first-order valence-electron chi connectivity index (χ1n) is 5.62. The zero-order valence-electron chi connectivity index (χ0n) is 8.21. The van der Waals surface area contributed by atoms with Crippen LogP contribution in [0.15, 0.2) is 0 Å². The van der Waals surface area contributed by atoms with Gasteiger partial charge in [0.05, 0.1) is 12.2 Å². The van der Waals surface area contributed by atoms with Crippen LogP contribution in [-0.4, -0.2) is 22.4 Å². The van der Waals surface area contributed by atoms with E-state index in [1.807, 2.05) is 0 Å². The highest BCUT2D eigenvalue weighted by molar-refractivity contribution is 4.97. The van der Waals surface area contributed by atoms with Gasteiger partial charge in [0, 0.05) is 5.41 Å². The Morgan fingerprint density at radius 1 is 0.769 bits per heavy atom. The smallest absolute Gasteiger partial charge is 0.0621 e. The molecule has 0 saturated heterocycles. The van der Waals surface area contributed by atoms with Crippen LogP contribution in [0.5, 0.6) is 0 Å². The minimum Gasteiger partial charge on any atom is -0.392 e. The predicted molar refractivity (Wildman–Crippen MR) is 51.4 cm³/mol. The fraction of sp³-hybridized carbons (Fsp3) is 1.00. The van der Waals surface area contributed by atoms with Crippen molar-refractivity contribution in [3.05, 3.63) is 0 Å². The molecule has 0 aromatic rings. The average Bonchev–Trinajstić information content (AvgIpc) is 2.15. The van der Waals surface area contributed by atoms with Crippen molar-refractivity contribution in [2.45, 2.75) is 63.6 Å². The lowest BCUT2D eigenvalue weighted by molar-refractivity contribution is -0.116. The Morgan fingerprint density at radius 2 is 1.23 bits per heavy atom. The molecule has 0 heterocycles. The minimum absolute atomic E-state index is 0.115. The SMILES string of the molecule is OC1CCCCC12CCCCC2O. The highest BCUT2D eigenvalue weighted by Crippen LogP contribution is 2.47. The van der Waals surface area contributed by atoms with E-state index in [9.17, 15) is 10.2 Å². The fourth-order valence-corrected chi connectivity index (χ4v) is 3.17. The molecule has 0 radical (unpaired) electrons. The maximum atomic E-state index is 9.99. The maximum absolute atomic E-state index is 9.99. The normalized spacial score (nSPS) is 46.6. The Hall–Kier alpha value is -0.0800. The van der Waals surface area contributed by atoms with E-state index in [-0.39, 0.29) is 17.6 Å². The van der Waals surface area contributed by atoms with Gasteiger partial charge in [0.1, 0.15) is 0 Å². The molecule has 0 bridgehead atoms. The Kier molecular flexibility index (Phi) is 2.61. The third-order valence-corrected chi connectivity index (χ3v) is 4.07. The summed E-state index contributed by atoms with van der Waals surface area (Å²) in [6, 6.07) is 0. The Bertz CT molecular complexity index is 159. The van der Waals surface area contributed by atoms with E-state index >= 15 is 0 Å². The molecule has 0 aliphatic heterocycles. The first-order valence-corrected chi connectivity index (χ1v) is 5.62. The summed E-state index contributed by atoms with van der Waals surface area (Å²) in [4.78, 5) is 0. The molecule has 13 heavy (non-hydrogen) atoms. The second-order valence-corrected chi connectivity index (χ2v) is 4.76. The number of aliphatic hydroxyl groups is 2. The first-order chi connectivity index (χ1) is 6.26. The summed E-state index contributed by atoms with van der Waals surface area (Å²) >= 11 is 0. The summed E-state index contributed by atoms with van der Waals surface area (Å²) in [5, 5.41) is 20.0. The third kappa shape index (κ3) is 1.50. The van der Waals surface area contributed by atoms with Crippen molar-refractivity contribution in [2.24, 2.45) is 5.41 Å². The molecule has 2 aliphatic carbocycles. The minimum atomic E-state index is -0.239. The molecular formula is C11H20O2. The van der Waals surface area contributed by atoms with E-state index in [4.69, 9.17) is 0 Å². The summed E-state index contributed by atoms with van der Waals surface area (Å²) < 4.78 is 0. The van der Waals surface area contributed by atoms with Gasteiger partial charge in [-0.05, 0) is 25.7 Å². The Labute approximate surface area is 80.0 Å². The van der Waals surface area contributed by atoms with Crippen LogP contribution in [0.25, 0.3) is 0 Å². The van der Waals surface area contributed by atoms with E-state index < -0.39 is 0 Å². The number of rotatable bonds is 0. The van der Waals surface area contributed by atoms with Gasteiger partial charge in [-0.2, -0.15) is 0 Å². The van der Waals surface area contributed by atoms with E-state index in [1.165, 1.54) is 12.8 Å². The molecule has 2 unspecified atom stereocenters. The molecule has 2 nitrogen and oxygen atoms in total. The Morgan fingerprint density at radius 3 is 1.62 bits per heavy atom. The molecule has 0 aromatic carbocycles. The van der Waals surface area contributed by atoms with E-state index in [0.717, 1.165) is 38.5 Å². The van der Waals surface area contributed by atoms with E-state index in [0.29, 0.717) is 0 Å². The van der Waals surface area contributed by atoms with Gasteiger partial charge in [0.15, 0.2) is 0 Å². The van der Waals surface area contributed by atoms with Crippen LogP contribution in [0.2, 0.25) is 0 Å². The topological polar surface area (TPSA) is 40.5 Å².